The van der Waals surface area contributed by atoms with E-state index in [1.54, 1.807) is 19.0 Å². The highest BCUT2D eigenvalue weighted by Gasteiger charge is 2.25. The predicted octanol–water partition coefficient (Wildman–Crippen LogP) is 1.03. The number of nitrogens with zero attached hydrogens (tertiary/aromatic N) is 1. The van der Waals surface area contributed by atoms with E-state index in [2.05, 4.69) is 10.1 Å². The Balaban J connectivity index is 2.24. The third-order valence-electron chi connectivity index (χ3n) is 3.53. The van der Waals surface area contributed by atoms with Gasteiger partial charge in [0.15, 0.2) is 0 Å². The van der Waals surface area contributed by atoms with Gasteiger partial charge in [-0.25, -0.2) is 0 Å². The molecule has 0 spiro atoms. The first kappa shape index (κ1) is 13.5. The Morgan fingerprint density at radius 1 is 1.53 bits per heavy atom. The Kier molecular flexibility index (Phi) is 3.85. The minimum absolute atomic E-state index is 0.0983. The zero-order valence-corrected chi connectivity index (χ0v) is 11.4. The zero-order valence-electron chi connectivity index (χ0n) is 11.4. The molecule has 1 aliphatic heterocycles. The Hall–Kier alpha value is -1.88. The minimum Gasteiger partial charge on any atom is -0.469 e. The molecule has 1 aromatic carbocycles. The van der Waals surface area contributed by atoms with Gasteiger partial charge < -0.3 is 15.0 Å². The van der Waals surface area contributed by atoms with Gasteiger partial charge in [0.05, 0.1) is 20.0 Å². The molecule has 0 aromatic heterocycles. The van der Waals surface area contributed by atoms with E-state index in [-0.39, 0.29) is 24.3 Å². The molecule has 102 valence electrons. The van der Waals surface area contributed by atoms with Crippen LogP contribution in [0.1, 0.15) is 23.6 Å². The number of carbonyl (C=O) groups excluding carboxylic acids is 2. The van der Waals surface area contributed by atoms with E-state index >= 15 is 0 Å². The van der Waals surface area contributed by atoms with E-state index in [9.17, 15) is 9.59 Å². The summed E-state index contributed by atoms with van der Waals surface area (Å²) in [4.78, 5) is 24.7. The summed E-state index contributed by atoms with van der Waals surface area (Å²) in [5.74, 6) is -0.158. The molecule has 5 heteroatoms. The second-order valence-electron chi connectivity index (χ2n) is 4.64. The van der Waals surface area contributed by atoms with Gasteiger partial charge in [0, 0.05) is 18.8 Å². The van der Waals surface area contributed by atoms with Crippen LogP contribution in [0.15, 0.2) is 18.2 Å². The number of likely N-dealkylation sites (N-methyl/N-ethyl adjacent to an activating group) is 1. The summed E-state index contributed by atoms with van der Waals surface area (Å²) in [6.45, 7) is 0. The normalized spacial score (nSPS) is 15.3. The summed E-state index contributed by atoms with van der Waals surface area (Å²) in [5.41, 5.74) is 2.95. The molecule has 0 fully saturated rings. The largest absolute Gasteiger partial charge is 0.469 e. The van der Waals surface area contributed by atoms with Gasteiger partial charge in [0.25, 0.3) is 0 Å². The van der Waals surface area contributed by atoms with Crippen molar-refractivity contribution >= 4 is 17.6 Å². The lowest BCUT2D eigenvalue weighted by Crippen LogP contribution is -2.21. The Morgan fingerprint density at radius 3 is 2.89 bits per heavy atom. The van der Waals surface area contributed by atoms with Crippen LogP contribution >= 0.6 is 0 Å². The number of carbonyl (C=O) groups is 2. The van der Waals surface area contributed by atoms with Crippen molar-refractivity contribution in [2.24, 2.45) is 0 Å². The van der Waals surface area contributed by atoms with Gasteiger partial charge in [-0.2, -0.15) is 0 Å². The predicted molar refractivity (Wildman–Crippen MR) is 72.0 cm³/mol. The van der Waals surface area contributed by atoms with Gasteiger partial charge in [-0.3, -0.25) is 9.59 Å². The zero-order chi connectivity index (χ0) is 14.0. The van der Waals surface area contributed by atoms with Crippen molar-refractivity contribution in [3.05, 3.63) is 29.3 Å². The Morgan fingerprint density at radius 2 is 2.26 bits per heavy atom. The van der Waals surface area contributed by atoms with Crippen LogP contribution in [0.4, 0.5) is 5.69 Å². The van der Waals surface area contributed by atoms with Crippen LogP contribution in [-0.2, 0) is 20.7 Å². The van der Waals surface area contributed by atoms with E-state index in [1.165, 1.54) is 7.11 Å². The van der Waals surface area contributed by atoms with Crippen LogP contribution in [0.2, 0.25) is 0 Å². The van der Waals surface area contributed by atoms with Crippen molar-refractivity contribution in [3.63, 3.8) is 0 Å². The van der Waals surface area contributed by atoms with Crippen LogP contribution in [0.3, 0.4) is 0 Å². The fraction of sp³-hybridized carbons (Fsp3) is 0.429. The van der Waals surface area contributed by atoms with E-state index in [1.807, 2.05) is 18.2 Å². The maximum atomic E-state index is 11.6. The van der Waals surface area contributed by atoms with Crippen molar-refractivity contribution < 1.29 is 14.3 Å². The molecule has 1 N–H and O–H groups in total. The average Bonchev–Trinajstić information content (AvgIpc) is 2.70. The first-order valence-corrected chi connectivity index (χ1v) is 6.20. The highest BCUT2D eigenvalue weighted by Crippen LogP contribution is 2.30. The summed E-state index contributed by atoms with van der Waals surface area (Å²) < 4.78 is 4.69. The molecule has 2 rings (SSSR count). The maximum absolute atomic E-state index is 11.6. The van der Waals surface area contributed by atoms with E-state index in [4.69, 9.17) is 0 Å². The number of amides is 1. The summed E-state index contributed by atoms with van der Waals surface area (Å²) >= 11 is 0. The van der Waals surface area contributed by atoms with Gasteiger partial charge in [0.1, 0.15) is 0 Å². The highest BCUT2D eigenvalue weighted by atomic mass is 16.5. The summed E-state index contributed by atoms with van der Waals surface area (Å²) in [6, 6.07) is 5.76. The second-order valence-corrected chi connectivity index (χ2v) is 4.64. The number of esters is 1. The van der Waals surface area contributed by atoms with Crippen molar-refractivity contribution in [1.29, 1.82) is 0 Å². The topological polar surface area (TPSA) is 58.6 Å². The minimum atomic E-state index is -0.256. The SMILES string of the molecule is CNC(CC(=O)OC)c1ccc2c(c1)CC(=O)N2C. The van der Waals surface area contributed by atoms with Crippen molar-refractivity contribution in [2.45, 2.75) is 18.9 Å². The molecule has 1 unspecified atom stereocenters. The molecule has 0 aliphatic carbocycles. The van der Waals surface area contributed by atoms with Crippen molar-refractivity contribution in [1.82, 2.24) is 5.32 Å². The van der Waals surface area contributed by atoms with Gasteiger partial charge in [0.2, 0.25) is 5.91 Å². The van der Waals surface area contributed by atoms with E-state index < -0.39 is 0 Å². The third-order valence-corrected chi connectivity index (χ3v) is 3.53. The highest BCUT2D eigenvalue weighted by molar-refractivity contribution is 6.00. The Bertz CT molecular complexity index is 513. The molecule has 1 amide bonds. The fourth-order valence-electron chi connectivity index (χ4n) is 2.34. The van der Waals surface area contributed by atoms with Gasteiger partial charge in [-0.05, 0) is 24.2 Å². The van der Waals surface area contributed by atoms with Crippen molar-refractivity contribution in [2.75, 3.05) is 26.1 Å². The monoisotopic (exact) mass is 262 g/mol. The van der Waals surface area contributed by atoms with Crippen LogP contribution in [-0.4, -0.2) is 33.1 Å². The molecule has 19 heavy (non-hydrogen) atoms. The molecule has 0 saturated heterocycles. The standard InChI is InChI=1S/C14H18N2O3/c1-15-11(8-14(18)19-3)9-4-5-12-10(6-9)7-13(17)16(12)2/h4-6,11,15H,7-8H2,1-3H3. The smallest absolute Gasteiger partial charge is 0.307 e. The molecule has 0 saturated carbocycles. The number of anilines is 1. The van der Waals surface area contributed by atoms with Gasteiger partial charge in [-0.1, -0.05) is 12.1 Å². The van der Waals surface area contributed by atoms with E-state index in [0.29, 0.717) is 6.42 Å². The molecule has 0 bridgehead atoms. The van der Waals surface area contributed by atoms with Crippen LogP contribution in [0, 0.1) is 0 Å². The van der Waals surface area contributed by atoms with E-state index in [0.717, 1.165) is 16.8 Å². The number of hydrogen-bond donors (Lipinski definition) is 1. The number of nitrogens with one attached hydrogen (secondary N) is 1. The lowest BCUT2D eigenvalue weighted by atomic mass is 10.00. The first-order chi connectivity index (χ1) is 9.06. The lowest BCUT2D eigenvalue weighted by Gasteiger charge is -2.17. The van der Waals surface area contributed by atoms with Crippen molar-refractivity contribution in [3.8, 4) is 0 Å². The van der Waals surface area contributed by atoms with Crippen LogP contribution < -0.4 is 10.2 Å². The number of fused-ring (bicyclic) bond motifs is 1. The molecule has 1 aromatic rings. The molecule has 5 nitrogen and oxygen atoms in total. The number of ether oxygens (including phenoxy) is 1. The summed E-state index contributed by atoms with van der Waals surface area (Å²) in [5, 5.41) is 3.10. The Labute approximate surface area is 112 Å². The molecule has 1 heterocycles. The van der Waals surface area contributed by atoms with Crippen LogP contribution in [0.5, 0.6) is 0 Å². The molecular formula is C14H18N2O3. The number of rotatable bonds is 4. The quantitative estimate of drug-likeness (QED) is 0.823. The van der Waals surface area contributed by atoms with Gasteiger partial charge in [-0.15, -0.1) is 0 Å². The summed E-state index contributed by atoms with van der Waals surface area (Å²) in [7, 11) is 4.96. The maximum Gasteiger partial charge on any atom is 0.307 e. The number of benzene rings is 1. The van der Waals surface area contributed by atoms with Crippen LogP contribution in [0.25, 0.3) is 0 Å². The lowest BCUT2D eigenvalue weighted by molar-refractivity contribution is -0.141. The molecule has 0 radical (unpaired) electrons. The molecule has 1 atom stereocenters. The number of methoxy groups -OCH3 is 1. The average molecular weight is 262 g/mol. The summed E-state index contributed by atoms with van der Waals surface area (Å²) in [6.07, 6.45) is 0.698. The third kappa shape index (κ3) is 2.61. The molecule has 1 aliphatic rings. The van der Waals surface area contributed by atoms with Gasteiger partial charge >= 0.3 is 5.97 Å². The molecular weight excluding hydrogens is 244 g/mol. The second kappa shape index (κ2) is 5.40. The number of hydrogen-bond acceptors (Lipinski definition) is 4. The fourth-order valence-corrected chi connectivity index (χ4v) is 2.34. The first-order valence-electron chi connectivity index (χ1n) is 6.20.